The van der Waals surface area contributed by atoms with Crippen molar-refractivity contribution in [1.82, 2.24) is 29.2 Å². The summed E-state index contributed by atoms with van der Waals surface area (Å²) in [6, 6.07) is 3.41. The lowest BCUT2D eigenvalue weighted by Crippen LogP contribution is -2.35. The molecule has 0 aliphatic carbocycles. The lowest BCUT2D eigenvalue weighted by molar-refractivity contribution is 0.0680. The quantitative estimate of drug-likeness (QED) is 0.721. The van der Waals surface area contributed by atoms with Gasteiger partial charge in [0.15, 0.2) is 5.76 Å². The first-order valence-corrected chi connectivity index (χ1v) is 7.45. The Hall–Kier alpha value is -2.90. The zero-order chi connectivity index (χ0) is 15.6. The molecule has 0 aromatic carbocycles. The van der Waals surface area contributed by atoms with Gasteiger partial charge in [0.25, 0.3) is 5.91 Å². The first-order chi connectivity index (χ1) is 11.3. The van der Waals surface area contributed by atoms with E-state index in [0.29, 0.717) is 25.4 Å². The minimum absolute atomic E-state index is 0.116. The summed E-state index contributed by atoms with van der Waals surface area (Å²) >= 11 is 0. The summed E-state index contributed by atoms with van der Waals surface area (Å²) in [7, 11) is 0. The largest absolute Gasteiger partial charge is 0.459 e. The molecule has 0 bridgehead atoms. The van der Waals surface area contributed by atoms with Gasteiger partial charge >= 0.3 is 0 Å². The maximum atomic E-state index is 12.7. The molecule has 0 saturated heterocycles. The topological polar surface area (TPSA) is 82.0 Å². The van der Waals surface area contributed by atoms with Gasteiger partial charge in [0.05, 0.1) is 12.8 Å². The molecule has 8 heteroatoms. The summed E-state index contributed by atoms with van der Waals surface area (Å²) in [5.74, 6) is 1.33. The molecule has 3 aromatic rings. The maximum Gasteiger partial charge on any atom is 0.289 e. The number of furan rings is 1. The normalized spacial score (nSPS) is 17.7. The summed E-state index contributed by atoms with van der Waals surface area (Å²) in [6.45, 7) is 2.57. The highest BCUT2D eigenvalue weighted by atomic mass is 16.3. The predicted octanol–water partition coefficient (Wildman–Crippen LogP) is 1.04. The van der Waals surface area contributed by atoms with E-state index in [9.17, 15) is 4.79 Å². The van der Waals surface area contributed by atoms with Crippen molar-refractivity contribution in [2.75, 3.05) is 6.54 Å². The molecule has 23 heavy (non-hydrogen) atoms. The van der Waals surface area contributed by atoms with Gasteiger partial charge in [-0.25, -0.2) is 9.97 Å². The maximum absolute atomic E-state index is 12.7. The summed E-state index contributed by atoms with van der Waals surface area (Å²) in [5.41, 5.74) is 0. The molecule has 1 aliphatic heterocycles. The third-order valence-electron chi connectivity index (χ3n) is 4.00. The average molecular weight is 312 g/mol. The van der Waals surface area contributed by atoms with E-state index in [2.05, 4.69) is 19.6 Å². The Kier molecular flexibility index (Phi) is 3.41. The van der Waals surface area contributed by atoms with Crippen molar-refractivity contribution < 1.29 is 9.21 Å². The van der Waals surface area contributed by atoms with E-state index in [1.165, 1.54) is 12.6 Å². The van der Waals surface area contributed by atoms with Crippen LogP contribution in [-0.4, -0.2) is 41.7 Å². The Labute approximate surface area is 132 Å². The third kappa shape index (κ3) is 2.75. The molecule has 118 valence electrons. The second kappa shape index (κ2) is 5.71. The van der Waals surface area contributed by atoms with Gasteiger partial charge in [-0.3, -0.25) is 9.48 Å². The van der Waals surface area contributed by atoms with Crippen molar-refractivity contribution in [2.24, 2.45) is 5.92 Å². The average Bonchev–Trinajstić information content (AvgIpc) is 3.28. The van der Waals surface area contributed by atoms with Crippen LogP contribution in [0.4, 0.5) is 0 Å². The fraction of sp³-hybridized carbons (Fsp3) is 0.333. The Bertz CT molecular complexity index is 777. The van der Waals surface area contributed by atoms with Gasteiger partial charge in [-0.15, -0.1) is 0 Å². The van der Waals surface area contributed by atoms with E-state index in [4.69, 9.17) is 4.42 Å². The minimum Gasteiger partial charge on any atom is -0.459 e. The number of hydrogen-bond acceptors (Lipinski definition) is 5. The van der Waals surface area contributed by atoms with E-state index in [-0.39, 0.29) is 11.8 Å². The fourth-order valence-electron chi connectivity index (χ4n) is 2.96. The van der Waals surface area contributed by atoms with Crippen molar-refractivity contribution in [2.45, 2.75) is 19.6 Å². The standard InChI is InChI=1S/C15H16N6O2/c22-15(13-2-1-5-23-13)20-7-12(8-21-11-16-10-18-21)6-19-4-3-17-14(19)9-20/h1-5,10-12H,6-9H2/t12-/m0/s1. The van der Waals surface area contributed by atoms with Crippen molar-refractivity contribution >= 4 is 5.91 Å². The minimum atomic E-state index is -0.116. The van der Waals surface area contributed by atoms with Crippen LogP contribution >= 0.6 is 0 Å². The number of carbonyl (C=O) groups excluding carboxylic acids is 1. The van der Waals surface area contributed by atoms with Crippen LogP contribution in [0.15, 0.2) is 47.9 Å². The highest BCUT2D eigenvalue weighted by molar-refractivity contribution is 5.91. The lowest BCUT2D eigenvalue weighted by Gasteiger charge is -2.23. The molecule has 0 saturated carbocycles. The summed E-state index contributed by atoms with van der Waals surface area (Å²) in [6.07, 6.45) is 8.44. The monoisotopic (exact) mass is 312 g/mol. The van der Waals surface area contributed by atoms with Crippen LogP contribution in [0.2, 0.25) is 0 Å². The van der Waals surface area contributed by atoms with Gasteiger partial charge in [0.2, 0.25) is 0 Å². The zero-order valence-corrected chi connectivity index (χ0v) is 12.4. The number of nitrogens with zero attached hydrogens (tertiary/aromatic N) is 6. The van der Waals surface area contributed by atoms with Crippen LogP contribution in [0.3, 0.4) is 0 Å². The molecule has 3 aromatic heterocycles. The van der Waals surface area contributed by atoms with Crippen molar-refractivity contribution in [1.29, 1.82) is 0 Å². The van der Waals surface area contributed by atoms with Gasteiger partial charge in [-0.1, -0.05) is 0 Å². The molecule has 1 amide bonds. The SMILES string of the molecule is O=C(c1ccco1)N1Cc2nccn2C[C@H](Cn2cncn2)C1. The molecule has 0 radical (unpaired) electrons. The van der Waals surface area contributed by atoms with Gasteiger partial charge in [-0.05, 0) is 12.1 Å². The Morgan fingerprint density at radius 1 is 1.39 bits per heavy atom. The highest BCUT2D eigenvalue weighted by Crippen LogP contribution is 2.19. The molecule has 0 spiro atoms. The molecule has 4 heterocycles. The third-order valence-corrected chi connectivity index (χ3v) is 4.00. The van der Waals surface area contributed by atoms with Crippen molar-refractivity contribution in [3.8, 4) is 0 Å². The van der Waals surface area contributed by atoms with Gasteiger partial charge < -0.3 is 13.9 Å². The highest BCUT2D eigenvalue weighted by Gasteiger charge is 2.27. The van der Waals surface area contributed by atoms with E-state index in [1.54, 1.807) is 34.2 Å². The van der Waals surface area contributed by atoms with Crippen LogP contribution in [0.25, 0.3) is 0 Å². The number of imidazole rings is 1. The predicted molar refractivity (Wildman–Crippen MR) is 79.2 cm³/mol. The first kappa shape index (κ1) is 13.7. The number of amides is 1. The number of aromatic nitrogens is 5. The van der Waals surface area contributed by atoms with Crippen LogP contribution in [0.5, 0.6) is 0 Å². The molecular weight excluding hydrogens is 296 g/mol. The van der Waals surface area contributed by atoms with E-state index < -0.39 is 0 Å². The number of rotatable bonds is 3. The van der Waals surface area contributed by atoms with E-state index in [0.717, 1.165) is 12.4 Å². The van der Waals surface area contributed by atoms with Crippen molar-refractivity contribution in [3.63, 3.8) is 0 Å². The lowest BCUT2D eigenvalue weighted by atomic mass is 10.1. The van der Waals surface area contributed by atoms with Gasteiger partial charge in [0, 0.05) is 37.9 Å². The van der Waals surface area contributed by atoms with Crippen LogP contribution in [0, 0.1) is 5.92 Å². The first-order valence-electron chi connectivity index (χ1n) is 7.45. The Morgan fingerprint density at radius 2 is 2.35 bits per heavy atom. The molecule has 1 aliphatic rings. The molecule has 0 N–H and O–H groups in total. The second-order valence-corrected chi connectivity index (χ2v) is 5.64. The molecule has 1 atom stereocenters. The summed E-state index contributed by atoms with van der Waals surface area (Å²) in [4.78, 5) is 22.8. The molecular formula is C15H16N6O2. The summed E-state index contributed by atoms with van der Waals surface area (Å²) < 4.78 is 9.14. The van der Waals surface area contributed by atoms with Crippen LogP contribution in [0.1, 0.15) is 16.4 Å². The van der Waals surface area contributed by atoms with Crippen LogP contribution < -0.4 is 0 Å². The smallest absolute Gasteiger partial charge is 0.289 e. The van der Waals surface area contributed by atoms with Crippen molar-refractivity contribution in [3.05, 3.63) is 55.0 Å². The van der Waals surface area contributed by atoms with E-state index in [1.807, 2.05) is 6.20 Å². The molecule has 4 rings (SSSR count). The number of hydrogen-bond donors (Lipinski definition) is 0. The molecule has 0 fully saturated rings. The number of fused-ring (bicyclic) bond motifs is 1. The van der Waals surface area contributed by atoms with Gasteiger partial charge in [0.1, 0.15) is 18.5 Å². The van der Waals surface area contributed by atoms with Gasteiger partial charge in [-0.2, -0.15) is 5.10 Å². The fourth-order valence-corrected chi connectivity index (χ4v) is 2.96. The summed E-state index contributed by atoms with van der Waals surface area (Å²) in [5, 5.41) is 4.16. The Morgan fingerprint density at radius 3 is 3.13 bits per heavy atom. The van der Waals surface area contributed by atoms with Crippen LogP contribution in [-0.2, 0) is 19.6 Å². The molecule has 8 nitrogen and oxygen atoms in total. The molecule has 0 unspecified atom stereocenters. The Balaban J connectivity index is 1.60. The van der Waals surface area contributed by atoms with E-state index >= 15 is 0 Å². The zero-order valence-electron chi connectivity index (χ0n) is 12.4. The number of carbonyl (C=O) groups is 1. The second-order valence-electron chi connectivity index (χ2n) is 5.64.